The van der Waals surface area contributed by atoms with Crippen LogP contribution < -0.4 is 15.6 Å². The molecule has 37 heavy (non-hydrogen) atoms. The Kier molecular flexibility index (Phi) is 7.10. The molecular formula is C36H40Si. The molecule has 1 atom stereocenters. The van der Waals surface area contributed by atoms with Crippen LogP contribution in [0.3, 0.4) is 0 Å². The van der Waals surface area contributed by atoms with Gasteiger partial charge in [0, 0.05) is 5.54 Å². The van der Waals surface area contributed by atoms with Crippen LogP contribution in [0.5, 0.6) is 0 Å². The number of benzene rings is 4. The summed E-state index contributed by atoms with van der Waals surface area (Å²) in [6, 6.07) is 37.8. The maximum atomic E-state index is 2.54. The Bertz CT molecular complexity index is 1300. The van der Waals surface area contributed by atoms with Crippen molar-refractivity contribution < 1.29 is 0 Å². The van der Waals surface area contributed by atoms with Crippen LogP contribution in [-0.2, 0) is 0 Å². The first-order valence-corrected chi connectivity index (χ1v) is 16.0. The lowest BCUT2D eigenvalue weighted by Crippen LogP contribution is -2.70. The molecule has 0 heterocycles. The Morgan fingerprint density at radius 3 is 1.38 bits per heavy atom. The Labute approximate surface area is 225 Å². The Balaban J connectivity index is 1.92. The zero-order valence-electron chi connectivity index (χ0n) is 23.2. The highest BCUT2D eigenvalue weighted by atomic mass is 28.3. The summed E-state index contributed by atoms with van der Waals surface area (Å²) in [7, 11) is -2.56. The summed E-state index contributed by atoms with van der Waals surface area (Å²) in [5, 5.41) is 4.52. The minimum absolute atomic E-state index is 0.330. The van der Waals surface area contributed by atoms with Crippen LogP contribution in [0.25, 0.3) is 6.08 Å². The number of allylic oxidation sites excluding steroid dienone is 1. The zero-order valence-corrected chi connectivity index (χ0v) is 24.2. The Morgan fingerprint density at radius 2 is 0.946 bits per heavy atom. The van der Waals surface area contributed by atoms with Crippen LogP contribution in [0.15, 0.2) is 103 Å². The third-order valence-electron chi connectivity index (χ3n) is 8.29. The van der Waals surface area contributed by atoms with E-state index in [-0.39, 0.29) is 0 Å². The Morgan fingerprint density at radius 1 is 0.514 bits per heavy atom. The van der Waals surface area contributed by atoms with Gasteiger partial charge in [-0.05, 0) is 61.1 Å². The van der Waals surface area contributed by atoms with Gasteiger partial charge >= 0.3 is 0 Å². The molecule has 0 aliphatic heterocycles. The van der Waals surface area contributed by atoms with Crippen molar-refractivity contribution in [2.24, 2.45) is 0 Å². The van der Waals surface area contributed by atoms with Gasteiger partial charge in [-0.2, -0.15) is 0 Å². The van der Waals surface area contributed by atoms with E-state index in [0.717, 1.165) is 0 Å². The fourth-order valence-corrected chi connectivity index (χ4v) is 11.5. The van der Waals surface area contributed by atoms with Crippen molar-refractivity contribution in [3.8, 4) is 0 Å². The van der Waals surface area contributed by atoms with E-state index in [4.69, 9.17) is 0 Å². The smallest absolute Gasteiger partial charge is 0.0781 e. The molecule has 1 unspecified atom stereocenters. The van der Waals surface area contributed by atoms with E-state index in [9.17, 15) is 0 Å². The largest absolute Gasteiger partial charge is 0.159 e. The predicted octanol–water partition coefficient (Wildman–Crippen LogP) is 7.88. The monoisotopic (exact) mass is 500 g/mol. The van der Waals surface area contributed by atoms with Crippen LogP contribution in [0, 0.1) is 0 Å². The molecule has 4 aromatic rings. The summed E-state index contributed by atoms with van der Waals surface area (Å²) < 4.78 is 0. The minimum Gasteiger partial charge on any atom is -0.0781 e. The highest BCUT2D eigenvalue weighted by Crippen LogP contribution is 2.37. The van der Waals surface area contributed by atoms with Gasteiger partial charge in [-0.1, -0.05) is 151 Å². The summed E-state index contributed by atoms with van der Waals surface area (Å²) in [5.74, 6) is 1.46. The van der Waals surface area contributed by atoms with Gasteiger partial charge < -0.3 is 0 Å². The van der Waals surface area contributed by atoms with Crippen molar-refractivity contribution in [2.75, 3.05) is 0 Å². The molecule has 188 valence electrons. The van der Waals surface area contributed by atoms with Gasteiger partial charge in [-0.25, -0.2) is 0 Å². The van der Waals surface area contributed by atoms with E-state index in [1.165, 1.54) is 43.4 Å². The molecule has 0 nitrogen and oxygen atoms in total. The SMILES string of the molecule is CC(C)c1cccc([Si](c2cccc(C(C)C)c2)(c2cccc(C(C)C)c2)C2C=Cc3ccccc32)c1. The molecule has 0 N–H and O–H groups in total. The second kappa shape index (κ2) is 10.3. The van der Waals surface area contributed by atoms with E-state index in [2.05, 4.69) is 151 Å². The average molecular weight is 501 g/mol. The van der Waals surface area contributed by atoms with Crippen molar-refractivity contribution in [1.29, 1.82) is 0 Å². The van der Waals surface area contributed by atoms with Crippen molar-refractivity contribution in [2.45, 2.75) is 64.8 Å². The molecular weight excluding hydrogens is 460 g/mol. The second-order valence-corrected chi connectivity index (χ2v) is 15.6. The third kappa shape index (κ3) is 4.55. The van der Waals surface area contributed by atoms with Gasteiger partial charge in [0.15, 0.2) is 8.07 Å². The molecule has 0 spiro atoms. The quantitative estimate of drug-likeness (QED) is 0.179. The molecule has 0 bridgehead atoms. The number of hydrogen-bond acceptors (Lipinski definition) is 0. The Hall–Kier alpha value is -3.16. The molecule has 0 aromatic heterocycles. The van der Waals surface area contributed by atoms with Gasteiger partial charge in [0.1, 0.15) is 0 Å². The minimum atomic E-state index is -2.56. The molecule has 5 rings (SSSR count). The van der Waals surface area contributed by atoms with Gasteiger partial charge in [0.05, 0.1) is 0 Å². The second-order valence-electron chi connectivity index (χ2n) is 11.6. The lowest BCUT2D eigenvalue weighted by molar-refractivity contribution is 0.866. The summed E-state index contributed by atoms with van der Waals surface area (Å²) in [6.07, 6.45) is 4.88. The van der Waals surface area contributed by atoms with E-state index >= 15 is 0 Å². The molecule has 4 aromatic carbocycles. The van der Waals surface area contributed by atoms with Crippen LogP contribution in [0.2, 0.25) is 0 Å². The molecule has 0 saturated carbocycles. The maximum absolute atomic E-state index is 2.56. The van der Waals surface area contributed by atoms with Crippen LogP contribution in [-0.4, -0.2) is 8.07 Å². The average Bonchev–Trinajstić information content (AvgIpc) is 3.34. The number of rotatable bonds is 7. The standard InChI is InChI=1S/C36H40Si/c1-25(2)29-13-9-16-32(22-29)37(33-17-10-14-30(23-33)26(3)4,34-18-11-15-31(24-34)27(5)6)36-21-20-28-12-7-8-19-35(28)36/h7-27,36H,1-6H3. The highest BCUT2D eigenvalue weighted by molar-refractivity contribution is 7.12. The predicted molar refractivity (Wildman–Crippen MR) is 164 cm³/mol. The summed E-state index contributed by atoms with van der Waals surface area (Å²) in [4.78, 5) is 0. The van der Waals surface area contributed by atoms with Gasteiger partial charge in [-0.15, -0.1) is 0 Å². The van der Waals surface area contributed by atoms with E-state index < -0.39 is 8.07 Å². The molecule has 1 aliphatic rings. The first-order valence-electron chi connectivity index (χ1n) is 13.9. The first-order chi connectivity index (χ1) is 17.8. The third-order valence-corrected chi connectivity index (χ3v) is 13.4. The molecule has 1 aliphatic carbocycles. The zero-order chi connectivity index (χ0) is 26.2. The topological polar surface area (TPSA) is 0 Å². The molecule has 0 amide bonds. The first kappa shape index (κ1) is 25.5. The van der Waals surface area contributed by atoms with Crippen molar-refractivity contribution in [3.05, 3.63) is 131 Å². The highest BCUT2D eigenvalue weighted by Gasteiger charge is 2.48. The summed E-state index contributed by atoms with van der Waals surface area (Å²) in [6.45, 7) is 13.9. The maximum Gasteiger partial charge on any atom is 0.159 e. The fraction of sp³-hybridized carbons (Fsp3) is 0.278. The van der Waals surface area contributed by atoms with Crippen molar-refractivity contribution in [3.63, 3.8) is 0 Å². The van der Waals surface area contributed by atoms with Crippen LogP contribution >= 0.6 is 0 Å². The fourth-order valence-electron chi connectivity index (χ4n) is 6.09. The molecule has 0 saturated heterocycles. The van der Waals surface area contributed by atoms with E-state index in [1.807, 2.05) is 0 Å². The van der Waals surface area contributed by atoms with E-state index in [1.54, 1.807) is 0 Å². The normalized spacial score (nSPS) is 15.1. The van der Waals surface area contributed by atoms with Gasteiger partial charge in [-0.3, -0.25) is 0 Å². The van der Waals surface area contributed by atoms with Gasteiger partial charge in [0.2, 0.25) is 0 Å². The number of fused-ring (bicyclic) bond motifs is 1. The molecule has 0 fully saturated rings. The van der Waals surface area contributed by atoms with Crippen molar-refractivity contribution in [1.82, 2.24) is 0 Å². The summed E-state index contributed by atoms with van der Waals surface area (Å²) >= 11 is 0. The lowest BCUT2D eigenvalue weighted by atomic mass is 10.0. The summed E-state index contributed by atoms with van der Waals surface area (Å²) in [5.41, 5.74) is 7.42. The number of hydrogen-bond donors (Lipinski definition) is 0. The van der Waals surface area contributed by atoms with Crippen LogP contribution in [0.4, 0.5) is 0 Å². The van der Waals surface area contributed by atoms with Crippen LogP contribution in [0.1, 0.15) is 92.7 Å². The molecule has 1 heteroatoms. The molecule has 0 radical (unpaired) electrons. The van der Waals surface area contributed by atoms with Gasteiger partial charge in [0.25, 0.3) is 0 Å². The lowest BCUT2D eigenvalue weighted by Gasteiger charge is -2.40. The van der Waals surface area contributed by atoms with E-state index in [0.29, 0.717) is 23.3 Å². The van der Waals surface area contributed by atoms with Crippen molar-refractivity contribution >= 4 is 29.7 Å².